The van der Waals surface area contributed by atoms with E-state index >= 15 is 0 Å². The zero-order valence-electron chi connectivity index (χ0n) is 13.6. The van der Waals surface area contributed by atoms with E-state index in [-0.39, 0.29) is 6.03 Å². The third-order valence-electron chi connectivity index (χ3n) is 5.25. The minimum absolute atomic E-state index is 0.0241. The summed E-state index contributed by atoms with van der Waals surface area (Å²) in [5.74, 6) is 0.678. The normalized spacial score (nSPS) is 23.3. The quantitative estimate of drug-likeness (QED) is 0.925. The lowest BCUT2D eigenvalue weighted by Crippen LogP contribution is -2.38. The first kappa shape index (κ1) is 15.3. The average Bonchev–Trinajstić information content (AvgIpc) is 3.21. The van der Waals surface area contributed by atoms with Gasteiger partial charge >= 0.3 is 6.03 Å². The molecule has 1 aromatic heterocycles. The Balaban J connectivity index is 1.42. The van der Waals surface area contributed by atoms with Gasteiger partial charge in [-0.3, -0.25) is 9.88 Å². The van der Waals surface area contributed by atoms with E-state index in [1.165, 1.54) is 24.8 Å². The second-order valence-corrected chi connectivity index (χ2v) is 6.98. The zero-order valence-corrected chi connectivity index (χ0v) is 13.6. The Morgan fingerprint density at radius 2 is 2.23 bits per heavy atom. The molecule has 22 heavy (non-hydrogen) atoms. The standard InChI is InChI=1S/C17H26N4O/c1-20(2)16(22)19-12-15-10-17(15)5-8-21(9-6-17)13-14-4-3-7-18-11-14/h3-4,7,11,15H,5-6,8-10,12-13H2,1-2H3,(H,19,22). The number of carbonyl (C=O) groups excluding carboxylic acids is 1. The highest BCUT2D eigenvalue weighted by molar-refractivity contribution is 5.73. The maximum absolute atomic E-state index is 11.6. The number of amides is 2. The van der Waals surface area contributed by atoms with Crippen LogP contribution >= 0.6 is 0 Å². The van der Waals surface area contributed by atoms with Gasteiger partial charge < -0.3 is 10.2 Å². The number of hydrogen-bond acceptors (Lipinski definition) is 3. The number of pyridine rings is 1. The van der Waals surface area contributed by atoms with Crippen LogP contribution in [-0.2, 0) is 6.54 Å². The average molecular weight is 302 g/mol. The Bertz CT molecular complexity index is 509. The number of hydrogen-bond donors (Lipinski definition) is 1. The van der Waals surface area contributed by atoms with Crippen LogP contribution in [0.15, 0.2) is 24.5 Å². The number of nitrogens with one attached hydrogen (secondary N) is 1. The van der Waals surface area contributed by atoms with Crippen LogP contribution in [0.25, 0.3) is 0 Å². The molecule has 1 unspecified atom stereocenters. The smallest absolute Gasteiger partial charge is 0.316 e. The van der Waals surface area contributed by atoms with Gasteiger partial charge in [0.25, 0.3) is 0 Å². The molecule has 3 rings (SSSR count). The predicted molar refractivity (Wildman–Crippen MR) is 86.4 cm³/mol. The molecule has 1 saturated carbocycles. The first-order chi connectivity index (χ1) is 10.6. The minimum atomic E-state index is 0.0241. The van der Waals surface area contributed by atoms with E-state index in [2.05, 4.69) is 21.3 Å². The van der Waals surface area contributed by atoms with Crippen molar-refractivity contribution in [2.45, 2.75) is 25.8 Å². The summed E-state index contributed by atoms with van der Waals surface area (Å²) in [5.41, 5.74) is 1.80. The number of aromatic nitrogens is 1. The van der Waals surface area contributed by atoms with Gasteiger partial charge in [-0.05, 0) is 55.3 Å². The van der Waals surface area contributed by atoms with Crippen molar-refractivity contribution in [1.82, 2.24) is 20.1 Å². The molecule has 2 fully saturated rings. The molecule has 1 atom stereocenters. The van der Waals surface area contributed by atoms with Crippen LogP contribution in [0.1, 0.15) is 24.8 Å². The highest BCUT2D eigenvalue weighted by Crippen LogP contribution is 2.59. The van der Waals surface area contributed by atoms with Gasteiger partial charge in [0, 0.05) is 39.6 Å². The van der Waals surface area contributed by atoms with Gasteiger partial charge in [0.15, 0.2) is 0 Å². The van der Waals surface area contributed by atoms with Crippen LogP contribution in [0.2, 0.25) is 0 Å². The fourth-order valence-electron chi connectivity index (χ4n) is 3.61. The molecule has 2 amide bonds. The summed E-state index contributed by atoms with van der Waals surface area (Å²) in [6.45, 7) is 4.16. The van der Waals surface area contributed by atoms with Crippen molar-refractivity contribution in [2.75, 3.05) is 33.7 Å². The summed E-state index contributed by atoms with van der Waals surface area (Å²) in [4.78, 5) is 19.9. The summed E-state index contributed by atoms with van der Waals surface area (Å²) in [6.07, 6.45) is 7.58. The van der Waals surface area contributed by atoms with Crippen molar-refractivity contribution in [3.63, 3.8) is 0 Å². The number of likely N-dealkylation sites (tertiary alicyclic amines) is 1. The molecule has 0 radical (unpaired) electrons. The van der Waals surface area contributed by atoms with Crippen molar-refractivity contribution < 1.29 is 4.79 Å². The molecule has 2 heterocycles. The lowest BCUT2D eigenvalue weighted by Gasteiger charge is -2.33. The molecule has 1 saturated heterocycles. The van der Waals surface area contributed by atoms with Crippen molar-refractivity contribution in [3.8, 4) is 0 Å². The fraction of sp³-hybridized carbons (Fsp3) is 0.647. The molecular formula is C17H26N4O. The fourth-order valence-corrected chi connectivity index (χ4v) is 3.61. The number of piperidine rings is 1. The van der Waals surface area contributed by atoms with E-state index in [9.17, 15) is 4.79 Å². The Hall–Kier alpha value is -1.62. The molecule has 1 aromatic rings. The van der Waals surface area contributed by atoms with Gasteiger partial charge in [-0.1, -0.05) is 6.07 Å². The topological polar surface area (TPSA) is 48.5 Å². The molecular weight excluding hydrogens is 276 g/mol. The first-order valence-electron chi connectivity index (χ1n) is 8.15. The molecule has 0 aromatic carbocycles. The summed E-state index contributed by atoms with van der Waals surface area (Å²) in [5, 5.41) is 3.03. The van der Waals surface area contributed by atoms with Crippen LogP contribution in [0.3, 0.4) is 0 Å². The number of urea groups is 1. The van der Waals surface area contributed by atoms with Gasteiger partial charge in [0.2, 0.25) is 0 Å². The van der Waals surface area contributed by atoms with Gasteiger partial charge in [-0.25, -0.2) is 4.79 Å². The number of nitrogens with zero attached hydrogens (tertiary/aromatic N) is 3. The highest BCUT2D eigenvalue weighted by atomic mass is 16.2. The molecule has 0 bridgehead atoms. The number of carbonyl (C=O) groups is 1. The van der Waals surface area contributed by atoms with E-state index in [1.807, 2.05) is 18.5 Å². The zero-order chi connectivity index (χ0) is 15.6. The van der Waals surface area contributed by atoms with Crippen LogP contribution < -0.4 is 5.32 Å². The SMILES string of the molecule is CN(C)C(=O)NCC1CC12CCN(Cc1cccnc1)CC2. The van der Waals surface area contributed by atoms with Gasteiger partial charge in [-0.2, -0.15) is 0 Å². The van der Waals surface area contributed by atoms with Crippen LogP contribution in [-0.4, -0.2) is 54.5 Å². The second kappa shape index (κ2) is 6.24. The summed E-state index contributed by atoms with van der Waals surface area (Å²) in [6, 6.07) is 4.18. The van der Waals surface area contributed by atoms with E-state index in [0.29, 0.717) is 11.3 Å². The number of rotatable bonds is 4. The van der Waals surface area contributed by atoms with Crippen molar-refractivity contribution in [2.24, 2.45) is 11.3 Å². The van der Waals surface area contributed by atoms with Crippen molar-refractivity contribution >= 4 is 6.03 Å². The first-order valence-corrected chi connectivity index (χ1v) is 8.15. The Morgan fingerprint density at radius 1 is 1.45 bits per heavy atom. The van der Waals surface area contributed by atoms with Crippen molar-refractivity contribution in [1.29, 1.82) is 0 Å². The summed E-state index contributed by atoms with van der Waals surface area (Å²) < 4.78 is 0. The largest absolute Gasteiger partial charge is 0.338 e. The van der Waals surface area contributed by atoms with E-state index in [4.69, 9.17) is 0 Å². The Kier molecular flexibility index (Phi) is 4.34. The maximum Gasteiger partial charge on any atom is 0.316 e. The van der Waals surface area contributed by atoms with Crippen molar-refractivity contribution in [3.05, 3.63) is 30.1 Å². The van der Waals surface area contributed by atoms with E-state index in [0.717, 1.165) is 26.2 Å². The van der Waals surface area contributed by atoms with E-state index < -0.39 is 0 Å². The highest BCUT2D eigenvalue weighted by Gasteiger charge is 2.54. The molecule has 5 nitrogen and oxygen atoms in total. The lowest BCUT2D eigenvalue weighted by atomic mass is 9.90. The molecule has 2 aliphatic rings. The predicted octanol–water partition coefficient (Wildman–Crippen LogP) is 1.95. The molecule has 120 valence electrons. The van der Waals surface area contributed by atoms with E-state index in [1.54, 1.807) is 19.0 Å². The molecule has 1 spiro atoms. The molecule has 1 aliphatic heterocycles. The summed E-state index contributed by atoms with van der Waals surface area (Å²) in [7, 11) is 3.57. The molecule has 5 heteroatoms. The third-order valence-corrected chi connectivity index (χ3v) is 5.25. The summed E-state index contributed by atoms with van der Waals surface area (Å²) >= 11 is 0. The Morgan fingerprint density at radius 3 is 2.86 bits per heavy atom. The minimum Gasteiger partial charge on any atom is -0.338 e. The van der Waals surface area contributed by atoms with Gasteiger partial charge in [-0.15, -0.1) is 0 Å². The Labute approximate surface area is 132 Å². The maximum atomic E-state index is 11.6. The second-order valence-electron chi connectivity index (χ2n) is 6.98. The van der Waals surface area contributed by atoms with Crippen LogP contribution in [0.5, 0.6) is 0 Å². The molecule has 1 N–H and O–H groups in total. The molecule has 1 aliphatic carbocycles. The lowest BCUT2D eigenvalue weighted by molar-refractivity contribution is 0.155. The van der Waals surface area contributed by atoms with Crippen LogP contribution in [0, 0.1) is 11.3 Å². The van der Waals surface area contributed by atoms with Gasteiger partial charge in [0.05, 0.1) is 0 Å². The third kappa shape index (κ3) is 3.40. The van der Waals surface area contributed by atoms with Crippen LogP contribution in [0.4, 0.5) is 4.79 Å². The monoisotopic (exact) mass is 302 g/mol. The van der Waals surface area contributed by atoms with Gasteiger partial charge in [0.1, 0.15) is 0 Å².